The number of aromatic nitrogens is 3. The number of carbonyl (C=O) groups excluding carboxylic acids is 1. The Morgan fingerprint density at radius 2 is 1.93 bits per heavy atom. The van der Waals surface area contributed by atoms with Crippen LogP contribution >= 0.6 is 0 Å². The molecule has 1 amide bonds. The Hall–Kier alpha value is -2.99. The second kappa shape index (κ2) is 8.35. The van der Waals surface area contributed by atoms with Gasteiger partial charge in [-0.05, 0) is 36.7 Å². The van der Waals surface area contributed by atoms with E-state index in [1.807, 2.05) is 28.9 Å². The van der Waals surface area contributed by atoms with Gasteiger partial charge in [0.2, 0.25) is 0 Å². The van der Waals surface area contributed by atoms with Gasteiger partial charge in [0.05, 0.1) is 6.54 Å². The van der Waals surface area contributed by atoms with Crippen LogP contribution in [-0.2, 0) is 26.1 Å². The average Bonchev–Trinajstić information content (AvgIpc) is 3.16. The summed E-state index contributed by atoms with van der Waals surface area (Å²) in [4.78, 5) is 19.2. The van der Waals surface area contributed by atoms with E-state index >= 15 is 0 Å². The van der Waals surface area contributed by atoms with Crippen LogP contribution in [0, 0.1) is 0 Å². The van der Waals surface area contributed by atoms with Crippen LogP contribution in [0.5, 0.6) is 0 Å². The number of carbonyl (C=O) groups is 1. The van der Waals surface area contributed by atoms with Gasteiger partial charge in [0.1, 0.15) is 12.2 Å². The smallest absolute Gasteiger partial charge is 0.251 e. The molecular weight excluding hydrogens is 350 g/mol. The van der Waals surface area contributed by atoms with Crippen molar-refractivity contribution in [3.05, 3.63) is 83.4 Å². The van der Waals surface area contributed by atoms with Crippen LogP contribution in [-0.4, -0.2) is 38.7 Å². The number of fused-ring (bicyclic) bond motifs is 1. The largest absolute Gasteiger partial charge is 0.347 e. The molecule has 6 heteroatoms. The number of aryl methyl sites for hydroxylation is 1. The number of amides is 1. The number of nitrogens with zero attached hydrogens (tertiary/aromatic N) is 4. The molecule has 0 spiro atoms. The molecule has 144 valence electrons. The molecule has 1 unspecified atom stereocenters. The van der Waals surface area contributed by atoms with Gasteiger partial charge in [-0.1, -0.05) is 42.5 Å². The lowest BCUT2D eigenvalue weighted by molar-refractivity contribution is 0.0926. The lowest BCUT2D eigenvalue weighted by Gasteiger charge is -2.23. The molecule has 2 heterocycles. The molecule has 3 aromatic rings. The van der Waals surface area contributed by atoms with Crippen molar-refractivity contribution in [3.63, 3.8) is 0 Å². The number of hydrogen-bond acceptors (Lipinski definition) is 4. The molecule has 6 nitrogen and oxygen atoms in total. The predicted molar refractivity (Wildman–Crippen MR) is 108 cm³/mol. The minimum atomic E-state index is -0.0267. The van der Waals surface area contributed by atoms with E-state index in [2.05, 4.69) is 57.7 Å². The van der Waals surface area contributed by atoms with Gasteiger partial charge in [-0.25, -0.2) is 9.67 Å². The van der Waals surface area contributed by atoms with E-state index < -0.39 is 0 Å². The third kappa shape index (κ3) is 4.46. The Morgan fingerprint density at radius 3 is 2.79 bits per heavy atom. The molecular formula is C22H25N5O. The van der Waals surface area contributed by atoms with Gasteiger partial charge < -0.3 is 5.32 Å². The van der Waals surface area contributed by atoms with Gasteiger partial charge >= 0.3 is 0 Å². The number of hydrogen-bond donors (Lipinski definition) is 1. The highest BCUT2D eigenvalue weighted by molar-refractivity contribution is 5.94. The fraction of sp³-hybridized carbons (Fsp3) is 0.318. The highest BCUT2D eigenvalue weighted by Crippen LogP contribution is 2.14. The monoisotopic (exact) mass is 375 g/mol. The van der Waals surface area contributed by atoms with E-state index in [-0.39, 0.29) is 11.9 Å². The van der Waals surface area contributed by atoms with Gasteiger partial charge in [0, 0.05) is 31.1 Å². The van der Waals surface area contributed by atoms with Crippen molar-refractivity contribution in [1.29, 1.82) is 0 Å². The van der Waals surface area contributed by atoms with Crippen LogP contribution < -0.4 is 5.32 Å². The molecule has 1 aromatic heterocycles. The molecule has 1 aliphatic heterocycles. The highest BCUT2D eigenvalue weighted by Gasteiger charge is 2.21. The van der Waals surface area contributed by atoms with Crippen LogP contribution in [0.3, 0.4) is 0 Å². The third-order valence-corrected chi connectivity index (χ3v) is 5.08. The maximum atomic E-state index is 12.7. The zero-order valence-electron chi connectivity index (χ0n) is 16.1. The first-order chi connectivity index (χ1) is 13.7. The summed E-state index contributed by atoms with van der Waals surface area (Å²) in [5, 5.41) is 7.36. The van der Waals surface area contributed by atoms with Crippen molar-refractivity contribution in [1.82, 2.24) is 25.0 Å². The van der Waals surface area contributed by atoms with E-state index in [1.54, 1.807) is 6.33 Å². The van der Waals surface area contributed by atoms with Crippen molar-refractivity contribution in [2.75, 3.05) is 7.05 Å². The number of nitrogens with one attached hydrogen (secondary N) is 1. The summed E-state index contributed by atoms with van der Waals surface area (Å²) >= 11 is 0. The summed E-state index contributed by atoms with van der Waals surface area (Å²) in [5.41, 5.74) is 3.12. The Balaban J connectivity index is 1.36. The van der Waals surface area contributed by atoms with Gasteiger partial charge in [-0.15, -0.1) is 0 Å². The van der Waals surface area contributed by atoms with Crippen LogP contribution in [0.15, 0.2) is 60.9 Å². The summed E-state index contributed by atoms with van der Waals surface area (Å²) in [6, 6.07) is 18.4. The van der Waals surface area contributed by atoms with Crippen LogP contribution in [0.4, 0.5) is 0 Å². The average molecular weight is 375 g/mol. The molecule has 28 heavy (non-hydrogen) atoms. The van der Waals surface area contributed by atoms with Crippen molar-refractivity contribution < 1.29 is 4.79 Å². The SMILES string of the molecule is CN(Cc1ccccc1)Cc1cccc(C(=O)NC2CCc3ncnn3C2)c1. The lowest BCUT2D eigenvalue weighted by Crippen LogP contribution is -2.41. The molecule has 0 bridgehead atoms. The molecule has 1 N–H and O–H groups in total. The van der Waals surface area contributed by atoms with E-state index in [1.165, 1.54) is 5.56 Å². The van der Waals surface area contributed by atoms with E-state index in [0.717, 1.165) is 37.3 Å². The zero-order valence-corrected chi connectivity index (χ0v) is 16.1. The Kier molecular flexibility index (Phi) is 5.48. The minimum Gasteiger partial charge on any atom is -0.347 e. The summed E-state index contributed by atoms with van der Waals surface area (Å²) < 4.78 is 1.88. The second-order valence-electron chi connectivity index (χ2n) is 7.43. The predicted octanol–water partition coefficient (Wildman–Crippen LogP) is 2.65. The quantitative estimate of drug-likeness (QED) is 0.719. The van der Waals surface area contributed by atoms with Crippen LogP contribution in [0.2, 0.25) is 0 Å². The highest BCUT2D eigenvalue weighted by atomic mass is 16.1. The summed E-state index contributed by atoms with van der Waals surface area (Å²) in [7, 11) is 2.09. The first-order valence-corrected chi connectivity index (χ1v) is 9.66. The normalized spacial score (nSPS) is 16.0. The molecule has 0 aliphatic carbocycles. The minimum absolute atomic E-state index is 0.0267. The van der Waals surface area contributed by atoms with Crippen molar-refractivity contribution in [2.45, 2.75) is 38.5 Å². The molecule has 2 aromatic carbocycles. The Morgan fingerprint density at radius 1 is 1.14 bits per heavy atom. The van der Waals surface area contributed by atoms with Gasteiger partial charge in [-0.2, -0.15) is 5.10 Å². The standard InChI is InChI=1S/C22H25N5O/c1-26(13-17-6-3-2-4-7-17)14-18-8-5-9-19(12-18)22(28)25-20-10-11-21-23-16-24-27(21)15-20/h2-9,12,16,20H,10-11,13-15H2,1H3,(H,25,28). The maximum absolute atomic E-state index is 12.7. The third-order valence-electron chi connectivity index (χ3n) is 5.08. The van der Waals surface area contributed by atoms with Crippen LogP contribution in [0.25, 0.3) is 0 Å². The number of benzene rings is 2. The van der Waals surface area contributed by atoms with Gasteiger partial charge in [0.15, 0.2) is 0 Å². The molecule has 0 fully saturated rings. The first-order valence-electron chi connectivity index (χ1n) is 9.66. The first kappa shape index (κ1) is 18.4. The summed E-state index contributed by atoms with van der Waals surface area (Å²) in [5.74, 6) is 0.968. The number of rotatable bonds is 6. The topological polar surface area (TPSA) is 63.1 Å². The lowest BCUT2D eigenvalue weighted by atomic mass is 10.1. The molecule has 4 rings (SSSR count). The summed E-state index contributed by atoms with van der Waals surface area (Å²) in [6.07, 6.45) is 3.31. The Bertz CT molecular complexity index is 937. The fourth-order valence-corrected chi connectivity index (χ4v) is 3.70. The molecule has 0 radical (unpaired) electrons. The second-order valence-corrected chi connectivity index (χ2v) is 7.43. The molecule has 1 atom stereocenters. The Labute approximate surface area is 165 Å². The molecule has 0 saturated heterocycles. The molecule has 1 aliphatic rings. The molecule has 0 saturated carbocycles. The maximum Gasteiger partial charge on any atom is 0.251 e. The summed E-state index contributed by atoms with van der Waals surface area (Å²) in [6.45, 7) is 2.35. The van der Waals surface area contributed by atoms with Crippen LogP contribution in [0.1, 0.15) is 33.7 Å². The van der Waals surface area contributed by atoms with Crippen molar-refractivity contribution >= 4 is 5.91 Å². The zero-order chi connectivity index (χ0) is 19.3. The van der Waals surface area contributed by atoms with Gasteiger partial charge in [-0.3, -0.25) is 9.69 Å². The van der Waals surface area contributed by atoms with E-state index in [0.29, 0.717) is 12.1 Å². The van der Waals surface area contributed by atoms with Crippen molar-refractivity contribution in [2.24, 2.45) is 0 Å². The van der Waals surface area contributed by atoms with Gasteiger partial charge in [0.25, 0.3) is 5.91 Å². The van der Waals surface area contributed by atoms with E-state index in [9.17, 15) is 4.79 Å². The fourth-order valence-electron chi connectivity index (χ4n) is 3.70. The van der Waals surface area contributed by atoms with Crippen molar-refractivity contribution in [3.8, 4) is 0 Å². The van der Waals surface area contributed by atoms with E-state index in [4.69, 9.17) is 0 Å².